The third kappa shape index (κ3) is 1.97. The van der Waals surface area contributed by atoms with Crippen molar-refractivity contribution in [1.82, 2.24) is 15.0 Å². The van der Waals surface area contributed by atoms with E-state index in [1.165, 1.54) is 25.0 Å². The van der Waals surface area contributed by atoms with Crippen molar-refractivity contribution in [3.05, 3.63) is 11.4 Å². The number of rotatable bonds is 4. The molecule has 1 atom stereocenters. The van der Waals surface area contributed by atoms with Crippen molar-refractivity contribution in [2.24, 2.45) is 5.92 Å². The third-order valence-corrected chi connectivity index (χ3v) is 3.95. The van der Waals surface area contributed by atoms with E-state index < -0.39 is 0 Å². The summed E-state index contributed by atoms with van der Waals surface area (Å²) >= 11 is 5.91. The predicted octanol–water partition coefficient (Wildman–Crippen LogP) is 3.50. The molecule has 1 unspecified atom stereocenters. The van der Waals surface area contributed by atoms with Gasteiger partial charge in [0.25, 0.3) is 0 Å². The van der Waals surface area contributed by atoms with Gasteiger partial charge in [0, 0.05) is 0 Å². The second-order valence-corrected chi connectivity index (χ2v) is 5.35. The highest BCUT2D eigenvalue weighted by molar-refractivity contribution is 6.16. The zero-order valence-electron chi connectivity index (χ0n) is 10.3. The van der Waals surface area contributed by atoms with Gasteiger partial charge in [0.2, 0.25) is 0 Å². The molecule has 2 rings (SSSR count). The summed E-state index contributed by atoms with van der Waals surface area (Å²) < 4.78 is 2.10. The molecule has 1 aliphatic rings. The number of halogens is 1. The summed E-state index contributed by atoms with van der Waals surface area (Å²) in [6.07, 6.45) is 4.02. The van der Waals surface area contributed by atoms with Crippen LogP contribution in [0.2, 0.25) is 0 Å². The lowest BCUT2D eigenvalue weighted by Gasteiger charge is -2.32. The Labute approximate surface area is 102 Å². The Morgan fingerprint density at radius 1 is 1.38 bits per heavy atom. The molecule has 4 heteroatoms. The number of nitrogens with zero attached hydrogens (tertiary/aromatic N) is 3. The van der Waals surface area contributed by atoms with Crippen molar-refractivity contribution in [2.45, 2.75) is 57.9 Å². The zero-order chi connectivity index (χ0) is 11.7. The van der Waals surface area contributed by atoms with Gasteiger partial charge in [-0.25, -0.2) is 4.68 Å². The molecule has 0 aliphatic heterocycles. The molecule has 0 aromatic carbocycles. The van der Waals surface area contributed by atoms with Crippen LogP contribution < -0.4 is 0 Å². The van der Waals surface area contributed by atoms with Crippen molar-refractivity contribution >= 4 is 11.6 Å². The Morgan fingerprint density at radius 2 is 2.06 bits per heavy atom. The van der Waals surface area contributed by atoms with E-state index in [2.05, 4.69) is 35.8 Å². The molecule has 0 N–H and O–H groups in total. The SMILES string of the molecule is CC(C)c1c(CCl)nnn1C(C)C1CCC1. The average molecular weight is 242 g/mol. The van der Waals surface area contributed by atoms with Crippen LogP contribution in [-0.4, -0.2) is 15.0 Å². The molecular weight excluding hydrogens is 222 g/mol. The molecular formula is C12H20ClN3. The van der Waals surface area contributed by atoms with Crippen LogP contribution in [0, 0.1) is 5.92 Å². The van der Waals surface area contributed by atoms with Crippen LogP contribution in [0.25, 0.3) is 0 Å². The number of hydrogen-bond donors (Lipinski definition) is 0. The van der Waals surface area contributed by atoms with E-state index in [1.807, 2.05) is 0 Å². The second kappa shape index (κ2) is 4.74. The second-order valence-electron chi connectivity index (χ2n) is 5.09. The molecule has 1 saturated carbocycles. The third-order valence-electron chi connectivity index (χ3n) is 3.70. The Bertz CT molecular complexity index is 355. The van der Waals surface area contributed by atoms with Gasteiger partial charge in [-0.1, -0.05) is 25.5 Å². The van der Waals surface area contributed by atoms with Gasteiger partial charge in [-0.3, -0.25) is 0 Å². The monoisotopic (exact) mass is 241 g/mol. The molecule has 1 aliphatic carbocycles. The largest absolute Gasteiger partial charge is 0.246 e. The van der Waals surface area contributed by atoms with Gasteiger partial charge in [-0.2, -0.15) is 0 Å². The van der Waals surface area contributed by atoms with Gasteiger partial charge < -0.3 is 0 Å². The van der Waals surface area contributed by atoms with Crippen LogP contribution in [0.1, 0.15) is 63.4 Å². The fraction of sp³-hybridized carbons (Fsp3) is 0.833. The summed E-state index contributed by atoms with van der Waals surface area (Å²) in [5.74, 6) is 1.68. The molecule has 0 radical (unpaired) electrons. The first-order valence-corrected chi connectivity index (χ1v) is 6.68. The quantitative estimate of drug-likeness (QED) is 0.756. The van der Waals surface area contributed by atoms with Crippen molar-refractivity contribution in [3.8, 4) is 0 Å². The molecule has 1 heterocycles. The van der Waals surface area contributed by atoms with Gasteiger partial charge in [-0.05, 0) is 31.6 Å². The van der Waals surface area contributed by atoms with Crippen LogP contribution in [0.4, 0.5) is 0 Å². The van der Waals surface area contributed by atoms with E-state index >= 15 is 0 Å². The number of hydrogen-bond acceptors (Lipinski definition) is 2. The van der Waals surface area contributed by atoms with Crippen LogP contribution in [-0.2, 0) is 5.88 Å². The van der Waals surface area contributed by atoms with Crippen molar-refractivity contribution in [2.75, 3.05) is 0 Å². The summed E-state index contributed by atoms with van der Waals surface area (Å²) in [5, 5.41) is 8.49. The Balaban J connectivity index is 2.28. The molecule has 1 aromatic rings. The highest BCUT2D eigenvalue weighted by Crippen LogP contribution is 2.37. The summed E-state index contributed by atoms with van der Waals surface area (Å²) in [6, 6.07) is 0.468. The maximum atomic E-state index is 5.91. The van der Waals surface area contributed by atoms with Gasteiger partial charge in [-0.15, -0.1) is 16.7 Å². The van der Waals surface area contributed by atoms with Crippen LogP contribution in [0.3, 0.4) is 0 Å². The van der Waals surface area contributed by atoms with Gasteiger partial charge in [0.05, 0.1) is 17.6 Å². The molecule has 1 aromatic heterocycles. The van der Waals surface area contributed by atoms with Crippen LogP contribution in [0.15, 0.2) is 0 Å². The lowest BCUT2D eigenvalue weighted by Crippen LogP contribution is -2.25. The van der Waals surface area contributed by atoms with E-state index in [-0.39, 0.29) is 0 Å². The Morgan fingerprint density at radius 3 is 2.50 bits per heavy atom. The van der Waals surface area contributed by atoms with E-state index in [9.17, 15) is 0 Å². The topological polar surface area (TPSA) is 30.7 Å². The maximum absolute atomic E-state index is 5.91. The van der Waals surface area contributed by atoms with E-state index in [0.717, 1.165) is 11.6 Å². The standard InChI is InChI=1S/C12H20ClN3/c1-8(2)12-11(7-13)14-15-16(12)9(3)10-5-4-6-10/h8-10H,4-7H2,1-3H3. The summed E-state index contributed by atoms with van der Waals surface area (Å²) in [5.41, 5.74) is 2.16. The highest BCUT2D eigenvalue weighted by Gasteiger charge is 2.28. The summed E-state index contributed by atoms with van der Waals surface area (Å²) in [6.45, 7) is 6.61. The molecule has 1 fully saturated rings. The maximum Gasteiger partial charge on any atom is 0.101 e. The summed E-state index contributed by atoms with van der Waals surface area (Å²) in [4.78, 5) is 0. The molecule has 0 amide bonds. The first kappa shape index (κ1) is 11.9. The van der Waals surface area contributed by atoms with E-state index in [4.69, 9.17) is 11.6 Å². The van der Waals surface area contributed by atoms with Gasteiger partial charge >= 0.3 is 0 Å². The lowest BCUT2D eigenvalue weighted by atomic mass is 9.80. The molecule has 0 bridgehead atoms. The Hall–Kier alpha value is -0.570. The minimum atomic E-state index is 0.436. The van der Waals surface area contributed by atoms with E-state index in [0.29, 0.717) is 17.8 Å². The fourth-order valence-corrected chi connectivity index (χ4v) is 2.64. The zero-order valence-corrected chi connectivity index (χ0v) is 11.0. The molecule has 16 heavy (non-hydrogen) atoms. The normalized spacial score (nSPS) is 18.8. The first-order chi connectivity index (χ1) is 7.65. The highest BCUT2D eigenvalue weighted by atomic mass is 35.5. The smallest absolute Gasteiger partial charge is 0.101 e. The molecule has 3 nitrogen and oxygen atoms in total. The van der Waals surface area contributed by atoms with Gasteiger partial charge in [0.15, 0.2) is 0 Å². The van der Waals surface area contributed by atoms with Crippen molar-refractivity contribution in [1.29, 1.82) is 0 Å². The molecule has 0 spiro atoms. The average Bonchev–Trinajstić information content (AvgIpc) is 2.57. The summed E-state index contributed by atoms with van der Waals surface area (Å²) in [7, 11) is 0. The lowest BCUT2D eigenvalue weighted by molar-refractivity contribution is 0.204. The number of alkyl halides is 1. The van der Waals surface area contributed by atoms with Gasteiger partial charge in [0.1, 0.15) is 5.69 Å². The van der Waals surface area contributed by atoms with Crippen molar-refractivity contribution < 1.29 is 0 Å². The minimum absolute atomic E-state index is 0.436. The van der Waals surface area contributed by atoms with E-state index in [1.54, 1.807) is 0 Å². The van der Waals surface area contributed by atoms with Crippen LogP contribution >= 0.6 is 11.6 Å². The molecule has 0 saturated heterocycles. The number of aromatic nitrogens is 3. The molecule has 90 valence electrons. The van der Waals surface area contributed by atoms with Crippen LogP contribution in [0.5, 0.6) is 0 Å². The Kier molecular flexibility index (Phi) is 3.53. The first-order valence-electron chi connectivity index (χ1n) is 6.15. The fourth-order valence-electron chi connectivity index (χ4n) is 2.45. The predicted molar refractivity (Wildman–Crippen MR) is 65.7 cm³/mol. The van der Waals surface area contributed by atoms with Crippen molar-refractivity contribution in [3.63, 3.8) is 0 Å². The minimum Gasteiger partial charge on any atom is -0.246 e.